The molecule has 1 aliphatic rings. The summed E-state index contributed by atoms with van der Waals surface area (Å²) in [5.74, 6) is -0.306. The predicted molar refractivity (Wildman–Crippen MR) is 119 cm³/mol. The van der Waals surface area contributed by atoms with Crippen molar-refractivity contribution in [2.45, 2.75) is 19.0 Å². The fourth-order valence-electron chi connectivity index (χ4n) is 3.02. The molecule has 2 aromatic rings. The Morgan fingerprint density at radius 1 is 1.33 bits per heavy atom. The van der Waals surface area contributed by atoms with Crippen LogP contribution in [0.4, 0.5) is 10.1 Å². The first-order valence-electron chi connectivity index (χ1n) is 8.50. The summed E-state index contributed by atoms with van der Waals surface area (Å²) in [6.07, 6.45) is 0.987. The molecule has 2 aromatic carbocycles. The zero-order valence-electron chi connectivity index (χ0n) is 15.0. The molecule has 1 heterocycles. The fraction of sp³-hybridized carbons (Fsp3) is 0.316. The average Bonchev–Trinajstić information content (AvgIpc) is 3.10. The van der Waals surface area contributed by atoms with E-state index < -0.39 is 5.82 Å². The van der Waals surface area contributed by atoms with Gasteiger partial charge in [-0.15, -0.1) is 24.0 Å². The van der Waals surface area contributed by atoms with Crippen molar-refractivity contribution in [1.82, 2.24) is 10.6 Å². The molecular formula is C19H23ClFIN4O. The minimum Gasteiger partial charge on any atom is -0.505 e. The Hall–Kier alpha value is -1.74. The maximum absolute atomic E-state index is 13.4. The maximum Gasteiger partial charge on any atom is 0.191 e. The second-order valence-corrected chi connectivity index (χ2v) is 6.70. The summed E-state index contributed by atoms with van der Waals surface area (Å²) in [5, 5.41) is 16.6. The average molecular weight is 505 g/mol. The number of rotatable bonds is 4. The zero-order chi connectivity index (χ0) is 18.5. The minimum absolute atomic E-state index is 0. The summed E-state index contributed by atoms with van der Waals surface area (Å²) in [6, 6.07) is 12.4. The Kier molecular flexibility index (Phi) is 7.97. The van der Waals surface area contributed by atoms with Crippen molar-refractivity contribution < 1.29 is 9.50 Å². The quantitative estimate of drug-likeness (QED) is 0.337. The SMILES string of the molecule is CN=C(NCc1ccc(O)c(F)c1)NC1CCN(c2cccc(Cl)c2)C1.I. The molecule has 3 rings (SSSR count). The van der Waals surface area contributed by atoms with Gasteiger partial charge in [0.1, 0.15) is 0 Å². The number of halogens is 3. The number of guanidine groups is 1. The number of phenols is 1. The zero-order valence-corrected chi connectivity index (χ0v) is 18.0. The van der Waals surface area contributed by atoms with E-state index in [0.717, 1.165) is 35.8 Å². The molecular weight excluding hydrogens is 482 g/mol. The molecule has 3 N–H and O–H groups in total. The second-order valence-electron chi connectivity index (χ2n) is 6.27. The van der Waals surface area contributed by atoms with Crippen LogP contribution in [0.2, 0.25) is 5.02 Å². The van der Waals surface area contributed by atoms with Crippen LogP contribution in [-0.4, -0.2) is 37.2 Å². The van der Waals surface area contributed by atoms with Gasteiger partial charge in [0.2, 0.25) is 0 Å². The van der Waals surface area contributed by atoms with E-state index in [-0.39, 0.29) is 35.8 Å². The summed E-state index contributed by atoms with van der Waals surface area (Å²) in [6.45, 7) is 2.22. The third-order valence-electron chi connectivity index (χ3n) is 4.40. The lowest BCUT2D eigenvalue weighted by atomic mass is 10.2. The number of nitrogens with one attached hydrogen (secondary N) is 2. The molecule has 0 spiro atoms. The molecule has 1 aliphatic heterocycles. The summed E-state index contributed by atoms with van der Waals surface area (Å²) in [5.41, 5.74) is 1.85. The molecule has 1 fully saturated rings. The van der Waals surface area contributed by atoms with Crippen LogP contribution in [-0.2, 0) is 6.54 Å². The molecule has 8 heteroatoms. The fourth-order valence-corrected chi connectivity index (χ4v) is 3.20. The van der Waals surface area contributed by atoms with Crippen LogP contribution in [0.15, 0.2) is 47.5 Å². The first-order valence-corrected chi connectivity index (χ1v) is 8.88. The third-order valence-corrected chi connectivity index (χ3v) is 4.63. The van der Waals surface area contributed by atoms with Gasteiger partial charge >= 0.3 is 0 Å². The summed E-state index contributed by atoms with van der Waals surface area (Å²) >= 11 is 6.07. The number of benzene rings is 2. The van der Waals surface area contributed by atoms with Crippen LogP contribution in [0.5, 0.6) is 5.75 Å². The molecule has 1 unspecified atom stereocenters. The second kappa shape index (κ2) is 9.98. The van der Waals surface area contributed by atoms with E-state index in [1.54, 1.807) is 13.1 Å². The lowest BCUT2D eigenvalue weighted by molar-refractivity contribution is 0.431. The number of hydrogen-bond donors (Lipinski definition) is 3. The normalized spacial score (nSPS) is 16.8. The third kappa shape index (κ3) is 5.87. The first-order chi connectivity index (χ1) is 12.5. The molecule has 1 saturated heterocycles. The minimum atomic E-state index is -0.625. The predicted octanol–water partition coefficient (Wildman–Crippen LogP) is 3.75. The van der Waals surface area contributed by atoms with Crippen LogP contribution in [0.25, 0.3) is 0 Å². The van der Waals surface area contributed by atoms with Gasteiger partial charge in [-0.3, -0.25) is 4.99 Å². The van der Waals surface area contributed by atoms with Crippen molar-refractivity contribution in [3.05, 3.63) is 58.9 Å². The maximum atomic E-state index is 13.4. The van der Waals surface area contributed by atoms with Gasteiger partial charge in [-0.2, -0.15) is 0 Å². The summed E-state index contributed by atoms with van der Waals surface area (Å²) < 4.78 is 13.4. The lowest BCUT2D eigenvalue weighted by Gasteiger charge is -2.20. The van der Waals surface area contributed by atoms with Crippen molar-refractivity contribution in [3.63, 3.8) is 0 Å². The van der Waals surface area contributed by atoms with Gasteiger partial charge in [-0.25, -0.2) is 4.39 Å². The van der Waals surface area contributed by atoms with Gasteiger partial charge in [0.15, 0.2) is 17.5 Å². The monoisotopic (exact) mass is 504 g/mol. The van der Waals surface area contributed by atoms with Gasteiger partial charge in [0.05, 0.1) is 0 Å². The number of phenolic OH excluding ortho intramolecular Hbond substituents is 1. The van der Waals surface area contributed by atoms with E-state index in [1.807, 2.05) is 18.2 Å². The first kappa shape index (κ1) is 21.6. The smallest absolute Gasteiger partial charge is 0.191 e. The van der Waals surface area contributed by atoms with Crippen LogP contribution < -0.4 is 15.5 Å². The Labute approximate surface area is 180 Å². The highest BCUT2D eigenvalue weighted by molar-refractivity contribution is 14.0. The number of aromatic hydroxyl groups is 1. The number of hydrogen-bond acceptors (Lipinski definition) is 3. The van der Waals surface area contributed by atoms with E-state index in [9.17, 15) is 9.50 Å². The van der Waals surface area contributed by atoms with E-state index in [0.29, 0.717) is 12.5 Å². The standard InChI is InChI=1S/C19H22ClFN4O.HI/c1-22-19(23-11-13-5-6-18(26)17(21)9-13)24-15-7-8-25(12-15)16-4-2-3-14(20)10-16;/h2-6,9-10,15,26H,7-8,11-12H2,1H3,(H2,22,23,24);1H. The molecule has 0 amide bonds. The van der Waals surface area contributed by atoms with Crippen LogP contribution in [0.1, 0.15) is 12.0 Å². The van der Waals surface area contributed by atoms with Crippen LogP contribution in [0, 0.1) is 5.82 Å². The summed E-state index contributed by atoms with van der Waals surface area (Å²) in [7, 11) is 1.70. The number of anilines is 1. The number of aliphatic imine (C=N–C) groups is 1. The van der Waals surface area contributed by atoms with Crippen LogP contribution in [0.3, 0.4) is 0 Å². The molecule has 0 aliphatic carbocycles. The van der Waals surface area contributed by atoms with E-state index in [1.165, 1.54) is 12.1 Å². The Morgan fingerprint density at radius 2 is 2.15 bits per heavy atom. The Morgan fingerprint density at radius 3 is 2.85 bits per heavy atom. The van der Waals surface area contributed by atoms with E-state index in [2.05, 4.69) is 26.6 Å². The molecule has 0 radical (unpaired) electrons. The molecule has 0 aromatic heterocycles. The van der Waals surface area contributed by atoms with Gasteiger partial charge in [-0.05, 0) is 42.3 Å². The molecule has 1 atom stereocenters. The van der Waals surface area contributed by atoms with Crippen LogP contribution >= 0.6 is 35.6 Å². The van der Waals surface area contributed by atoms with Gasteiger partial charge in [-0.1, -0.05) is 23.7 Å². The van der Waals surface area contributed by atoms with E-state index >= 15 is 0 Å². The van der Waals surface area contributed by atoms with Gasteiger partial charge in [0.25, 0.3) is 0 Å². The van der Waals surface area contributed by atoms with Crippen molar-refractivity contribution in [2.24, 2.45) is 4.99 Å². The number of nitrogens with zero attached hydrogens (tertiary/aromatic N) is 2. The Bertz CT molecular complexity index is 805. The lowest BCUT2D eigenvalue weighted by Crippen LogP contribution is -2.44. The molecule has 0 saturated carbocycles. The topological polar surface area (TPSA) is 59.9 Å². The summed E-state index contributed by atoms with van der Waals surface area (Å²) in [4.78, 5) is 6.51. The van der Waals surface area contributed by atoms with Crippen molar-refractivity contribution in [1.29, 1.82) is 0 Å². The molecule has 146 valence electrons. The Balaban J connectivity index is 0.00000261. The van der Waals surface area contributed by atoms with Gasteiger partial charge in [0, 0.05) is 43.4 Å². The molecule has 5 nitrogen and oxygen atoms in total. The van der Waals surface area contributed by atoms with Crippen molar-refractivity contribution in [2.75, 3.05) is 25.0 Å². The highest BCUT2D eigenvalue weighted by atomic mass is 127. The molecule has 27 heavy (non-hydrogen) atoms. The van der Waals surface area contributed by atoms with Gasteiger partial charge < -0.3 is 20.6 Å². The van der Waals surface area contributed by atoms with E-state index in [4.69, 9.17) is 11.6 Å². The highest BCUT2D eigenvalue weighted by Crippen LogP contribution is 2.23. The largest absolute Gasteiger partial charge is 0.505 e. The van der Waals surface area contributed by atoms with Crippen molar-refractivity contribution in [3.8, 4) is 5.75 Å². The highest BCUT2D eigenvalue weighted by Gasteiger charge is 2.23. The van der Waals surface area contributed by atoms with Crippen molar-refractivity contribution >= 4 is 47.2 Å². The molecule has 0 bridgehead atoms.